The number of carbonyl (C=O) groups excluding carboxylic acids is 8. The molecule has 80 heavy (non-hydrogen) atoms. The van der Waals surface area contributed by atoms with Crippen molar-refractivity contribution in [1.82, 2.24) is 52.2 Å². The number of rotatable bonds is 33. The molecule has 5 aromatic rings. The number of nitrogens with zero attached hydrogens (tertiary/aromatic N) is 2. The van der Waals surface area contributed by atoms with Gasteiger partial charge in [-0.05, 0) is 79.0 Å². The second-order valence-corrected chi connectivity index (χ2v) is 19.7. The van der Waals surface area contributed by atoms with E-state index in [0.29, 0.717) is 29.7 Å². The summed E-state index contributed by atoms with van der Waals surface area (Å²) < 4.78 is 0. The number of H-pyrrole nitrogens is 2. The number of guanidine groups is 1. The molecule has 20 N–H and O–H groups in total. The number of aliphatic carboxylic acids is 1. The number of carboxylic acids is 1. The summed E-state index contributed by atoms with van der Waals surface area (Å²) in [6.07, 6.45) is 4.59. The number of unbranched alkanes of at least 4 members (excludes halogenated alkanes) is 1. The van der Waals surface area contributed by atoms with Gasteiger partial charge in [0, 0.05) is 61.2 Å². The topological polar surface area (TPSA) is 445 Å². The lowest BCUT2D eigenvalue weighted by molar-refractivity contribution is -0.138. The Balaban J connectivity index is 1.38. The molecule has 8 amide bonds. The Labute approximate surface area is 461 Å². The lowest BCUT2D eigenvalue weighted by Gasteiger charge is -2.26. The molecule has 0 unspecified atom stereocenters. The molecule has 5 rings (SSSR count). The lowest BCUT2D eigenvalue weighted by Crippen LogP contribution is -2.59. The molecule has 0 aliphatic rings. The minimum absolute atomic E-state index is 0.0129. The van der Waals surface area contributed by atoms with Gasteiger partial charge in [0.15, 0.2) is 5.96 Å². The van der Waals surface area contributed by atoms with E-state index in [0.717, 1.165) is 21.7 Å². The predicted octanol–water partition coefficient (Wildman–Crippen LogP) is -1.39. The molecule has 0 bridgehead atoms. The highest BCUT2D eigenvalue weighted by molar-refractivity contribution is 5.98. The highest BCUT2D eigenvalue weighted by Crippen LogP contribution is 2.21. The van der Waals surface area contributed by atoms with Gasteiger partial charge in [0.25, 0.3) is 0 Å². The van der Waals surface area contributed by atoms with Crippen LogP contribution in [0.5, 0.6) is 0 Å². The van der Waals surface area contributed by atoms with E-state index in [2.05, 4.69) is 57.2 Å². The fourth-order valence-electron chi connectivity index (χ4n) is 8.79. The van der Waals surface area contributed by atoms with Crippen LogP contribution in [0.3, 0.4) is 0 Å². The van der Waals surface area contributed by atoms with Gasteiger partial charge in [-0.15, -0.1) is 0 Å². The Kier molecular flexibility index (Phi) is 23.9. The van der Waals surface area contributed by atoms with Crippen LogP contribution < -0.4 is 65.9 Å². The zero-order chi connectivity index (χ0) is 58.3. The molecule has 0 aliphatic heterocycles. The van der Waals surface area contributed by atoms with Crippen LogP contribution in [-0.2, 0) is 62.4 Å². The first-order chi connectivity index (χ1) is 38.2. The average Bonchev–Trinajstić information content (AvgIpc) is 4.10. The molecule has 2 heterocycles. The van der Waals surface area contributed by atoms with Crippen molar-refractivity contribution in [2.24, 2.45) is 39.6 Å². The molecule has 0 radical (unpaired) electrons. The summed E-state index contributed by atoms with van der Waals surface area (Å²) in [6, 6.07) is 11.4. The van der Waals surface area contributed by atoms with Crippen molar-refractivity contribution < 1.29 is 48.3 Å². The van der Waals surface area contributed by atoms with Crippen LogP contribution >= 0.6 is 0 Å². The lowest BCUT2D eigenvalue weighted by atomic mass is 9.99. The van der Waals surface area contributed by atoms with E-state index in [1.807, 2.05) is 60.7 Å². The Bertz CT molecular complexity index is 2960. The van der Waals surface area contributed by atoms with Crippen LogP contribution in [0.4, 0.5) is 0 Å². The Morgan fingerprint density at radius 2 is 1.26 bits per heavy atom. The van der Waals surface area contributed by atoms with Gasteiger partial charge in [0.05, 0.1) is 18.9 Å². The number of imidazole rings is 1. The van der Waals surface area contributed by atoms with Crippen LogP contribution in [0.25, 0.3) is 21.7 Å². The number of aromatic nitrogens is 3. The van der Waals surface area contributed by atoms with E-state index < -0.39 is 114 Å². The number of fused-ring (bicyclic) bond motifs is 2. The Morgan fingerprint density at radius 3 is 1.93 bits per heavy atom. The quantitative estimate of drug-likeness (QED) is 0.0131. The standard InChI is InChI=1S/C54H74N16O10/c1-30(2)46(47(57)74)70-52(79)41(18-19-45(72)73)67-50(77)39(14-7-8-20-55)65-44(71)28-63-49(76)43(24-34-26-62-38-13-6-5-12-36(34)38)69-51(78)40(15-9-21-61-54(58)59)66-53(80)42(68-48(75)37(56)25-35-27-60-29-64-35)23-31-16-17-32-10-3-4-11-33(32)22-31/h3-6,10-13,16-17,22,26-27,29-30,37,39-43,46,62H,7-9,14-15,18-21,23-25,28,55-56H2,1-2H3,(H2,57,74)(H,60,64)(H,63,76)(H,65,71)(H,66,80)(H,67,77)(H,68,75)(H,69,78)(H,70,79)(H,72,73)(H4,58,59,61)/t37-,39-,40-,41+,42+,43-,46-/m0/s1. The second kappa shape index (κ2) is 30.9. The molecule has 0 aliphatic carbocycles. The van der Waals surface area contributed by atoms with E-state index in [1.165, 1.54) is 12.5 Å². The van der Waals surface area contributed by atoms with Gasteiger partial charge in [-0.1, -0.05) is 74.5 Å². The van der Waals surface area contributed by atoms with E-state index in [1.54, 1.807) is 26.1 Å². The van der Waals surface area contributed by atoms with E-state index in [9.17, 15) is 48.3 Å². The van der Waals surface area contributed by atoms with Crippen LogP contribution in [-0.4, -0.2) is 141 Å². The van der Waals surface area contributed by atoms with Gasteiger partial charge in [0.1, 0.15) is 36.3 Å². The average molecular weight is 1110 g/mol. The predicted molar refractivity (Wildman–Crippen MR) is 298 cm³/mol. The van der Waals surface area contributed by atoms with Crippen LogP contribution in [0, 0.1) is 5.92 Å². The maximum atomic E-state index is 14.6. The highest BCUT2D eigenvalue weighted by Gasteiger charge is 2.33. The highest BCUT2D eigenvalue weighted by atomic mass is 16.4. The molecule has 26 heteroatoms. The molecule has 0 fully saturated rings. The van der Waals surface area contributed by atoms with Gasteiger partial charge in [0.2, 0.25) is 47.3 Å². The van der Waals surface area contributed by atoms with E-state index in [4.69, 9.17) is 28.7 Å². The molecule has 0 spiro atoms. The van der Waals surface area contributed by atoms with Gasteiger partial charge in [-0.25, -0.2) is 4.98 Å². The van der Waals surface area contributed by atoms with Crippen molar-refractivity contribution in [3.05, 3.63) is 102 Å². The normalized spacial score (nSPS) is 13.8. The summed E-state index contributed by atoms with van der Waals surface area (Å²) in [5.74, 6) is -8.38. The van der Waals surface area contributed by atoms with Crippen molar-refractivity contribution in [3.63, 3.8) is 0 Å². The van der Waals surface area contributed by atoms with Crippen LogP contribution in [0.1, 0.15) is 75.6 Å². The summed E-state index contributed by atoms with van der Waals surface area (Å²) in [5.41, 5.74) is 31.3. The molecule has 2 aromatic heterocycles. The number of hydrogen-bond donors (Lipinski definition) is 15. The summed E-state index contributed by atoms with van der Waals surface area (Å²) in [7, 11) is 0. The third-order valence-corrected chi connectivity index (χ3v) is 13.1. The van der Waals surface area contributed by atoms with Gasteiger partial charge in [-0.3, -0.25) is 48.1 Å². The first-order valence-corrected chi connectivity index (χ1v) is 26.3. The number of carbonyl (C=O) groups is 9. The van der Waals surface area contributed by atoms with Crippen LogP contribution in [0.15, 0.2) is 90.4 Å². The zero-order valence-corrected chi connectivity index (χ0v) is 44.8. The smallest absolute Gasteiger partial charge is 0.303 e. The fourth-order valence-corrected chi connectivity index (χ4v) is 8.79. The molecule has 7 atom stereocenters. The van der Waals surface area contributed by atoms with E-state index >= 15 is 0 Å². The minimum Gasteiger partial charge on any atom is -0.481 e. The van der Waals surface area contributed by atoms with Crippen molar-refractivity contribution in [2.75, 3.05) is 19.6 Å². The number of carboxylic acid groups (broad SMARTS) is 1. The first kappa shape index (κ1) is 61.9. The monoisotopic (exact) mass is 1110 g/mol. The molecular formula is C54H74N16O10. The molecule has 0 saturated heterocycles. The SMILES string of the molecule is CC(C)[C@H](NC(=O)[C@@H](CCC(=O)O)NC(=O)[C@H](CCCCN)NC(=O)CNC(=O)[C@H](Cc1c[nH]c2ccccc12)NC(=O)[C@H](CCCN=C(N)N)NC(=O)[C@@H](Cc1ccc2ccccc2c1)NC(=O)[C@@H](N)Cc1cnc[nH]1)C(N)=O. The molecule has 3 aromatic carbocycles. The summed E-state index contributed by atoms with van der Waals surface area (Å²) in [5, 5.41) is 30.4. The maximum absolute atomic E-state index is 14.6. The number of benzene rings is 3. The largest absolute Gasteiger partial charge is 0.481 e. The fraction of sp³-hybridized carbons (Fsp3) is 0.426. The third-order valence-electron chi connectivity index (χ3n) is 13.1. The number of hydrogen-bond acceptors (Lipinski definition) is 13. The number of nitrogens with one attached hydrogen (secondary N) is 9. The number of aromatic amines is 2. The summed E-state index contributed by atoms with van der Waals surface area (Å²) >= 11 is 0. The summed E-state index contributed by atoms with van der Waals surface area (Å²) in [4.78, 5) is 136. The minimum atomic E-state index is -1.45. The Morgan fingerprint density at radius 1 is 0.650 bits per heavy atom. The number of primary amides is 1. The van der Waals surface area contributed by atoms with Crippen molar-refractivity contribution >= 4 is 80.9 Å². The van der Waals surface area contributed by atoms with Crippen molar-refractivity contribution in [2.45, 2.75) is 120 Å². The Hall–Kier alpha value is -8.91. The molecule has 0 saturated carbocycles. The maximum Gasteiger partial charge on any atom is 0.303 e. The molecular weight excluding hydrogens is 1030 g/mol. The summed E-state index contributed by atoms with van der Waals surface area (Å²) in [6.45, 7) is 2.87. The van der Waals surface area contributed by atoms with Crippen LogP contribution in [0.2, 0.25) is 0 Å². The molecule has 430 valence electrons. The van der Waals surface area contributed by atoms with Crippen molar-refractivity contribution in [1.29, 1.82) is 0 Å². The number of aliphatic imine (C=N–C) groups is 1. The number of para-hydroxylation sites is 1. The van der Waals surface area contributed by atoms with Gasteiger partial charge < -0.3 is 81.0 Å². The zero-order valence-electron chi connectivity index (χ0n) is 44.8. The van der Waals surface area contributed by atoms with Gasteiger partial charge in [-0.2, -0.15) is 0 Å². The second-order valence-electron chi connectivity index (χ2n) is 19.7. The first-order valence-electron chi connectivity index (χ1n) is 26.3. The third kappa shape index (κ3) is 19.5. The number of nitrogens with two attached hydrogens (primary N) is 5. The number of amides is 8. The van der Waals surface area contributed by atoms with Gasteiger partial charge >= 0.3 is 5.97 Å². The van der Waals surface area contributed by atoms with Crippen molar-refractivity contribution in [3.8, 4) is 0 Å². The molecule has 26 nitrogen and oxygen atoms in total. The van der Waals surface area contributed by atoms with E-state index in [-0.39, 0.29) is 64.0 Å².